The first-order chi connectivity index (χ1) is 36.3. The van der Waals surface area contributed by atoms with Crippen molar-refractivity contribution in [3.8, 4) is 11.5 Å². The maximum atomic E-state index is 14.2. The van der Waals surface area contributed by atoms with Crippen molar-refractivity contribution >= 4 is 35.5 Å². The molecular formula is C63H88N6O9. The molecule has 4 aromatic carbocycles. The lowest BCUT2D eigenvalue weighted by atomic mass is 9.83. The number of carboxylic acids is 1. The summed E-state index contributed by atoms with van der Waals surface area (Å²) in [5.74, 6) is -1.88. The fourth-order valence-corrected chi connectivity index (χ4v) is 10.4. The number of hydrogen-bond donors (Lipinski definition) is 7. The van der Waals surface area contributed by atoms with Gasteiger partial charge >= 0.3 is 5.97 Å². The molecule has 0 saturated heterocycles. The van der Waals surface area contributed by atoms with Crippen LogP contribution < -0.4 is 21.7 Å². The Balaban J connectivity index is 0.000000256. The highest BCUT2D eigenvalue weighted by molar-refractivity contribution is 5.94. The SMILES string of the molecule is C.CC(C)(C)[C@H](N)C(=O)N1Cc2cc(O)ccc2C[C@H]1C(=O)N[C@@H]1CCCc2ccccc21.CC[C@@H](C)C(=O)N[C@H](C(=O)N1Cc2cc(O)ccc2C[C@H]1C(=O)N[C@@H]1CCCc2ccccc21)C(C)(C)C.CC[C@@H](C)C(=O)O. The molecule has 15 heteroatoms. The van der Waals surface area contributed by atoms with Crippen molar-refractivity contribution in [1.29, 1.82) is 0 Å². The lowest BCUT2D eigenvalue weighted by molar-refractivity contribution is -0.147. The van der Waals surface area contributed by atoms with Gasteiger partial charge in [-0.05, 0) is 131 Å². The van der Waals surface area contributed by atoms with Crippen LogP contribution in [0.4, 0.5) is 0 Å². The van der Waals surface area contributed by atoms with Gasteiger partial charge in [0.25, 0.3) is 0 Å². The first-order valence-electron chi connectivity index (χ1n) is 27.6. The van der Waals surface area contributed by atoms with Crippen LogP contribution in [0.15, 0.2) is 84.9 Å². The Morgan fingerprint density at radius 3 is 1.41 bits per heavy atom. The maximum Gasteiger partial charge on any atom is 0.306 e. The van der Waals surface area contributed by atoms with Gasteiger partial charge in [-0.25, -0.2) is 0 Å². The summed E-state index contributed by atoms with van der Waals surface area (Å²) in [5, 5.41) is 37.7. The van der Waals surface area contributed by atoms with E-state index in [-0.39, 0.29) is 85.5 Å². The summed E-state index contributed by atoms with van der Waals surface area (Å²) in [6.45, 7) is 19.3. The van der Waals surface area contributed by atoms with Gasteiger partial charge in [0.2, 0.25) is 29.5 Å². The summed E-state index contributed by atoms with van der Waals surface area (Å²) < 4.78 is 0. The normalized spacial score (nSPS) is 19.9. The number of benzene rings is 4. The third-order valence-corrected chi connectivity index (χ3v) is 15.9. The molecule has 5 amide bonds. The molecule has 78 heavy (non-hydrogen) atoms. The number of amides is 5. The number of phenols is 2. The minimum absolute atomic E-state index is 0. The predicted molar refractivity (Wildman–Crippen MR) is 305 cm³/mol. The van der Waals surface area contributed by atoms with Gasteiger partial charge < -0.3 is 46.8 Å². The van der Waals surface area contributed by atoms with Gasteiger partial charge in [0.1, 0.15) is 29.6 Å². The van der Waals surface area contributed by atoms with Crippen LogP contribution >= 0.6 is 0 Å². The smallest absolute Gasteiger partial charge is 0.306 e. The number of nitrogens with zero attached hydrogens (tertiary/aromatic N) is 2. The number of rotatable bonds is 11. The van der Waals surface area contributed by atoms with Crippen molar-refractivity contribution in [3.05, 3.63) is 129 Å². The molecule has 0 unspecified atom stereocenters. The second-order valence-corrected chi connectivity index (χ2v) is 23.7. The van der Waals surface area contributed by atoms with E-state index in [1.54, 1.807) is 41.0 Å². The van der Waals surface area contributed by atoms with Gasteiger partial charge in [-0.3, -0.25) is 28.8 Å². The van der Waals surface area contributed by atoms with E-state index >= 15 is 0 Å². The average Bonchev–Trinajstić information content (AvgIpc) is 3.42. The summed E-state index contributed by atoms with van der Waals surface area (Å²) in [6, 6.07) is 23.6. The Morgan fingerprint density at radius 2 is 1.03 bits per heavy atom. The maximum absolute atomic E-state index is 14.2. The molecule has 0 spiro atoms. The van der Waals surface area contributed by atoms with E-state index in [2.05, 4.69) is 40.2 Å². The zero-order valence-corrected chi connectivity index (χ0v) is 46.9. The molecule has 15 nitrogen and oxygen atoms in total. The molecule has 0 radical (unpaired) electrons. The summed E-state index contributed by atoms with van der Waals surface area (Å²) >= 11 is 0. The highest BCUT2D eigenvalue weighted by atomic mass is 16.4. The van der Waals surface area contributed by atoms with E-state index in [1.165, 1.54) is 11.1 Å². The summed E-state index contributed by atoms with van der Waals surface area (Å²) in [6.07, 6.45) is 7.90. The molecular weight excluding hydrogens is 985 g/mol. The van der Waals surface area contributed by atoms with Crippen LogP contribution in [0.3, 0.4) is 0 Å². The van der Waals surface area contributed by atoms with E-state index in [4.69, 9.17) is 10.8 Å². The molecule has 2 aliphatic carbocycles. The van der Waals surface area contributed by atoms with Crippen LogP contribution in [0, 0.1) is 22.7 Å². The number of phenolic OH excluding ortho intramolecular Hbond substituents is 2. The van der Waals surface area contributed by atoms with Crippen LogP contribution in [0.25, 0.3) is 0 Å². The van der Waals surface area contributed by atoms with E-state index in [0.29, 0.717) is 19.3 Å². The molecule has 8 N–H and O–H groups in total. The quantitative estimate of drug-likeness (QED) is 0.0752. The monoisotopic (exact) mass is 1070 g/mol. The number of carbonyl (C=O) groups excluding carboxylic acids is 5. The van der Waals surface area contributed by atoms with Crippen LogP contribution in [-0.2, 0) is 67.5 Å². The number of hydrogen-bond acceptors (Lipinski definition) is 9. The highest BCUT2D eigenvalue weighted by Crippen LogP contribution is 2.35. The molecule has 2 aliphatic heterocycles. The Labute approximate surface area is 463 Å². The van der Waals surface area contributed by atoms with Crippen molar-refractivity contribution in [2.75, 3.05) is 0 Å². The van der Waals surface area contributed by atoms with Gasteiger partial charge in [0, 0.05) is 31.8 Å². The Bertz CT molecular complexity index is 2760. The average molecular weight is 1070 g/mol. The van der Waals surface area contributed by atoms with Crippen LogP contribution in [0.2, 0.25) is 0 Å². The molecule has 4 aromatic rings. The third kappa shape index (κ3) is 15.3. The summed E-state index contributed by atoms with van der Waals surface area (Å²) in [5.41, 5.74) is 13.7. The first-order valence-corrected chi connectivity index (χ1v) is 27.6. The number of aryl methyl sites for hydroxylation is 2. The van der Waals surface area contributed by atoms with Crippen molar-refractivity contribution in [3.63, 3.8) is 0 Å². The van der Waals surface area contributed by atoms with Crippen molar-refractivity contribution in [2.45, 2.75) is 190 Å². The summed E-state index contributed by atoms with van der Waals surface area (Å²) in [7, 11) is 0. The Kier molecular flexibility index (Phi) is 21.3. The van der Waals surface area contributed by atoms with Gasteiger partial charge in [-0.1, -0.05) is 137 Å². The topological polar surface area (TPSA) is 232 Å². The zero-order valence-electron chi connectivity index (χ0n) is 46.9. The largest absolute Gasteiger partial charge is 0.508 e. The number of carboxylic acid groups (broad SMARTS) is 1. The highest BCUT2D eigenvalue weighted by Gasteiger charge is 2.44. The number of carbonyl (C=O) groups is 6. The van der Waals surface area contributed by atoms with Gasteiger partial charge in [0.15, 0.2) is 0 Å². The number of nitrogens with two attached hydrogens (primary N) is 1. The number of fused-ring (bicyclic) bond motifs is 4. The second-order valence-electron chi connectivity index (χ2n) is 23.7. The van der Waals surface area contributed by atoms with E-state index in [9.17, 15) is 39.0 Å². The molecule has 424 valence electrons. The molecule has 4 aliphatic rings. The molecule has 8 rings (SSSR count). The third-order valence-electron chi connectivity index (χ3n) is 15.9. The van der Waals surface area contributed by atoms with Crippen molar-refractivity contribution in [1.82, 2.24) is 25.8 Å². The minimum Gasteiger partial charge on any atom is -0.508 e. The van der Waals surface area contributed by atoms with Gasteiger partial charge in [-0.15, -0.1) is 0 Å². The molecule has 0 saturated carbocycles. The standard InChI is InChI=1S/C31H41N3O4.C26H33N3O3.C5H10O2.CH4/c1-6-19(2)28(36)33-27(31(3,4)5)30(38)34-18-22-16-23(35)15-14-21(22)17-26(34)29(37)32-25-13-9-11-20-10-7-8-12-24(20)25;1-26(2,3)23(27)25(32)29-15-18-13-19(30)12-11-17(18)14-22(29)24(31)28-21-10-6-8-16-7-4-5-9-20(16)21;1-3-4(2)5(6)7;/h7-8,10,12,14-16,19,25-27,35H,6,9,11,13,17-18H2,1-5H3,(H,32,37)(H,33,36);4-5,7,9,11-13,21-23,30H,6,8,10,14-15,27H2,1-3H3,(H,28,31);4H,3H2,1-2H3,(H,6,7);1H4/t19-,25-,26+,27-;21-,22+,23-;4-;/m111./s1. The Morgan fingerprint density at radius 1 is 0.603 bits per heavy atom. The summed E-state index contributed by atoms with van der Waals surface area (Å²) in [4.78, 5) is 81.0. The van der Waals surface area contributed by atoms with Crippen LogP contribution in [0.5, 0.6) is 11.5 Å². The van der Waals surface area contributed by atoms with E-state index in [1.807, 2.05) is 98.7 Å². The number of aromatic hydroxyl groups is 2. The number of nitrogens with one attached hydrogen (secondary N) is 3. The molecule has 0 fully saturated rings. The van der Waals surface area contributed by atoms with E-state index in [0.717, 1.165) is 78.3 Å². The minimum atomic E-state index is -0.798. The zero-order chi connectivity index (χ0) is 56.5. The second kappa shape index (κ2) is 26.7. The van der Waals surface area contributed by atoms with Gasteiger partial charge in [0.05, 0.1) is 24.0 Å². The van der Waals surface area contributed by atoms with Crippen molar-refractivity contribution < 1.29 is 44.1 Å². The molecule has 2 heterocycles. The fourth-order valence-electron chi connectivity index (χ4n) is 10.4. The van der Waals surface area contributed by atoms with Crippen LogP contribution in [-0.4, -0.2) is 84.8 Å². The first kappa shape index (κ1) is 62.1. The van der Waals surface area contributed by atoms with E-state index < -0.39 is 41.0 Å². The molecule has 0 bridgehead atoms. The van der Waals surface area contributed by atoms with Gasteiger partial charge in [-0.2, -0.15) is 0 Å². The van der Waals surface area contributed by atoms with Crippen molar-refractivity contribution in [2.24, 2.45) is 28.4 Å². The lowest BCUT2D eigenvalue weighted by Gasteiger charge is -2.41. The number of aliphatic carboxylic acids is 1. The predicted octanol–water partition coefficient (Wildman–Crippen LogP) is 9.38. The lowest BCUT2D eigenvalue weighted by Crippen LogP contribution is -2.61. The fraction of sp³-hybridized carbons (Fsp3) is 0.524. The van der Waals surface area contributed by atoms with Crippen LogP contribution in [0.1, 0.15) is 172 Å². The molecule has 0 aromatic heterocycles. The Hall–Kier alpha value is -6.74. The molecule has 8 atom stereocenters.